The first-order valence-electron chi connectivity index (χ1n) is 7.65. The summed E-state index contributed by atoms with van der Waals surface area (Å²) in [7, 11) is 0. The first-order chi connectivity index (χ1) is 12.1. The van der Waals surface area contributed by atoms with Crippen LogP contribution in [0, 0.1) is 6.92 Å². The second-order valence-electron chi connectivity index (χ2n) is 5.40. The number of carbonyl (C=O) groups excluding carboxylic acids is 1. The molecular formula is C18H16BrN5O. The SMILES string of the molecule is Cc1cc(C(=O)NCc2cccnc2)nc(Nc2cccc(Br)c2)n1. The van der Waals surface area contributed by atoms with Gasteiger partial charge in [-0.05, 0) is 42.8 Å². The fraction of sp³-hybridized carbons (Fsp3) is 0.111. The minimum Gasteiger partial charge on any atom is -0.347 e. The Morgan fingerprint density at radius 3 is 2.80 bits per heavy atom. The molecule has 2 N–H and O–H groups in total. The van der Waals surface area contributed by atoms with E-state index in [1.807, 2.05) is 43.3 Å². The lowest BCUT2D eigenvalue weighted by molar-refractivity contribution is 0.0945. The molecule has 0 atom stereocenters. The number of rotatable bonds is 5. The molecule has 2 heterocycles. The summed E-state index contributed by atoms with van der Waals surface area (Å²) in [5.41, 5.74) is 2.78. The van der Waals surface area contributed by atoms with E-state index in [1.165, 1.54) is 0 Å². The van der Waals surface area contributed by atoms with Crippen LogP contribution in [-0.2, 0) is 6.54 Å². The van der Waals surface area contributed by atoms with Crippen molar-refractivity contribution < 1.29 is 4.79 Å². The Morgan fingerprint density at radius 2 is 2.04 bits per heavy atom. The van der Waals surface area contributed by atoms with Crippen LogP contribution in [0.4, 0.5) is 11.6 Å². The Kier molecular flexibility index (Phi) is 5.35. The van der Waals surface area contributed by atoms with Gasteiger partial charge in [-0.25, -0.2) is 9.97 Å². The topological polar surface area (TPSA) is 79.8 Å². The number of nitrogens with zero attached hydrogens (tertiary/aromatic N) is 3. The van der Waals surface area contributed by atoms with Gasteiger partial charge in [0.15, 0.2) is 0 Å². The quantitative estimate of drug-likeness (QED) is 0.687. The van der Waals surface area contributed by atoms with E-state index in [2.05, 4.69) is 41.5 Å². The van der Waals surface area contributed by atoms with Gasteiger partial charge in [-0.1, -0.05) is 28.1 Å². The zero-order valence-corrected chi connectivity index (χ0v) is 15.1. The molecule has 1 amide bonds. The van der Waals surface area contributed by atoms with Crippen molar-refractivity contribution in [3.05, 3.63) is 76.3 Å². The Morgan fingerprint density at radius 1 is 1.16 bits per heavy atom. The van der Waals surface area contributed by atoms with Crippen LogP contribution in [0.3, 0.4) is 0 Å². The van der Waals surface area contributed by atoms with Crippen LogP contribution < -0.4 is 10.6 Å². The van der Waals surface area contributed by atoms with E-state index in [9.17, 15) is 4.79 Å². The minimum absolute atomic E-state index is 0.258. The van der Waals surface area contributed by atoms with Crippen LogP contribution in [0.5, 0.6) is 0 Å². The zero-order valence-electron chi connectivity index (χ0n) is 13.5. The first kappa shape index (κ1) is 17.0. The Labute approximate surface area is 153 Å². The number of anilines is 2. The van der Waals surface area contributed by atoms with Crippen molar-refractivity contribution in [3.63, 3.8) is 0 Å². The monoisotopic (exact) mass is 397 g/mol. The van der Waals surface area contributed by atoms with Crippen LogP contribution in [0.2, 0.25) is 0 Å². The van der Waals surface area contributed by atoms with E-state index in [0.717, 1.165) is 15.7 Å². The average molecular weight is 398 g/mol. The lowest BCUT2D eigenvalue weighted by atomic mass is 10.2. The second-order valence-corrected chi connectivity index (χ2v) is 6.31. The molecule has 0 unspecified atom stereocenters. The maximum Gasteiger partial charge on any atom is 0.270 e. The Balaban J connectivity index is 1.73. The van der Waals surface area contributed by atoms with Gasteiger partial charge in [-0.15, -0.1) is 0 Å². The van der Waals surface area contributed by atoms with Crippen molar-refractivity contribution in [1.29, 1.82) is 0 Å². The second kappa shape index (κ2) is 7.85. The van der Waals surface area contributed by atoms with Gasteiger partial charge < -0.3 is 10.6 Å². The van der Waals surface area contributed by atoms with E-state index in [-0.39, 0.29) is 5.91 Å². The van der Waals surface area contributed by atoms with Gasteiger partial charge in [0.25, 0.3) is 5.91 Å². The summed E-state index contributed by atoms with van der Waals surface area (Å²) in [5, 5.41) is 5.95. The van der Waals surface area contributed by atoms with E-state index < -0.39 is 0 Å². The van der Waals surface area contributed by atoms with Crippen LogP contribution in [0.15, 0.2) is 59.3 Å². The third-order valence-electron chi connectivity index (χ3n) is 3.34. The van der Waals surface area contributed by atoms with Gasteiger partial charge in [-0.3, -0.25) is 9.78 Å². The molecule has 3 rings (SSSR count). The molecule has 3 aromatic rings. The number of aromatic nitrogens is 3. The number of amides is 1. The van der Waals surface area contributed by atoms with E-state index in [4.69, 9.17) is 0 Å². The maximum atomic E-state index is 12.4. The molecular weight excluding hydrogens is 382 g/mol. The number of hydrogen-bond acceptors (Lipinski definition) is 5. The number of aryl methyl sites for hydroxylation is 1. The molecule has 0 spiro atoms. The normalized spacial score (nSPS) is 10.3. The summed E-state index contributed by atoms with van der Waals surface area (Å²) in [6.07, 6.45) is 3.41. The molecule has 0 aliphatic rings. The first-order valence-corrected chi connectivity index (χ1v) is 8.45. The van der Waals surface area contributed by atoms with Crippen LogP contribution in [0.1, 0.15) is 21.7 Å². The summed E-state index contributed by atoms with van der Waals surface area (Å²) in [4.78, 5) is 25.0. The number of halogens is 1. The van der Waals surface area contributed by atoms with Crippen molar-refractivity contribution in [1.82, 2.24) is 20.3 Å². The molecule has 6 nitrogen and oxygen atoms in total. The van der Waals surface area contributed by atoms with Crippen molar-refractivity contribution in [3.8, 4) is 0 Å². The molecule has 0 saturated heterocycles. The summed E-state index contributed by atoms with van der Waals surface area (Å²) in [6, 6.07) is 13.0. The molecule has 0 radical (unpaired) electrons. The van der Waals surface area contributed by atoms with Crippen LogP contribution in [0.25, 0.3) is 0 Å². The third-order valence-corrected chi connectivity index (χ3v) is 3.84. The van der Waals surface area contributed by atoms with E-state index >= 15 is 0 Å². The molecule has 0 fully saturated rings. The van der Waals surface area contributed by atoms with Crippen molar-refractivity contribution in [2.75, 3.05) is 5.32 Å². The molecule has 126 valence electrons. The lowest BCUT2D eigenvalue weighted by Crippen LogP contribution is -2.24. The molecule has 7 heteroatoms. The van der Waals surface area contributed by atoms with Crippen LogP contribution in [-0.4, -0.2) is 20.9 Å². The predicted octanol–water partition coefficient (Wildman–Crippen LogP) is 3.62. The standard InChI is InChI=1S/C18H16BrN5O/c1-12-8-16(17(25)21-11-13-4-3-7-20-10-13)24-18(22-12)23-15-6-2-5-14(19)9-15/h2-10H,11H2,1H3,(H,21,25)(H,22,23,24). The summed E-state index contributed by atoms with van der Waals surface area (Å²) in [5.74, 6) is 0.122. The van der Waals surface area contributed by atoms with Gasteiger partial charge in [0, 0.05) is 34.8 Å². The van der Waals surface area contributed by atoms with Crippen molar-refractivity contribution >= 4 is 33.5 Å². The Bertz CT molecular complexity index is 886. The molecule has 0 aliphatic carbocycles. The van der Waals surface area contributed by atoms with Crippen molar-refractivity contribution in [2.45, 2.75) is 13.5 Å². The fourth-order valence-electron chi connectivity index (χ4n) is 2.21. The van der Waals surface area contributed by atoms with Crippen molar-refractivity contribution in [2.24, 2.45) is 0 Å². The molecule has 0 bridgehead atoms. The van der Waals surface area contributed by atoms with Gasteiger partial charge >= 0.3 is 0 Å². The Hall–Kier alpha value is -2.80. The lowest BCUT2D eigenvalue weighted by Gasteiger charge is -2.09. The maximum absolute atomic E-state index is 12.4. The van der Waals surface area contributed by atoms with E-state index in [1.54, 1.807) is 18.5 Å². The minimum atomic E-state index is -0.258. The number of carbonyl (C=O) groups is 1. The molecule has 0 aliphatic heterocycles. The molecule has 0 saturated carbocycles. The smallest absolute Gasteiger partial charge is 0.270 e. The highest BCUT2D eigenvalue weighted by Gasteiger charge is 2.11. The fourth-order valence-corrected chi connectivity index (χ4v) is 2.61. The number of hydrogen-bond donors (Lipinski definition) is 2. The molecule has 25 heavy (non-hydrogen) atoms. The summed E-state index contributed by atoms with van der Waals surface area (Å²) >= 11 is 3.42. The van der Waals surface area contributed by atoms with Gasteiger partial charge in [-0.2, -0.15) is 0 Å². The largest absolute Gasteiger partial charge is 0.347 e. The molecule has 1 aromatic carbocycles. The number of pyridine rings is 1. The zero-order chi connectivity index (χ0) is 17.6. The van der Waals surface area contributed by atoms with E-state index in [0.29, 0.717) is 23.9 Å². The molecule has 2 aromatic heterocycles. The highest BCUT2D eigenvalue weighted by molar-refractivity contribution is 9.10. The predicted molar refractivity (Wildman–Crippen MR) is 99.6 cm³/mol. The average Bonchev–Trinajstić information content (AvgIpc) is 2.60. The number of benzene rings is 1. The van der Waals surface area contributed by atoms with Gasteiger partial charge in [0.1, 0.15) is 5.69 Å². The summed E-state index contributed by atoms with van der Waals surface area (Å²) < 4.78 is 0.944. The highest BCUT2D eigenvalue weighted by Crippen LogP contribution is 2.19. The van der Waals surface area contributed by atoms with Crippen LogP contribution >= 0.6 is 15.9 Å². The number of nitrogens with one attached hydrogen (secondary N) is 2. The van der Waals surface area contributed by atoms with Gasteiger partial charge in [0.05, 0.1) is 0 Å². The highest BCUT2D eigenvalue weighted by atomic mass is 79.9. The third kappa shape index (κ3) is 4.84. The summed E-state index contributed by atoms with van der Waals surface area (Å²) in [6.45, 7) is 2.22. The van der Waals surface area contributed by atoms with Gasteiger partial charge in [0.2, 0.25) is 5.95 Å².